The highest BCUT2D eigenvalue weighted by atomic mass is 32.1. The smallest absolute Gasteiger partial charge is 0.0221 e. The Labute approximate surface area is 85.2 Å². The first-order chi connectivity index (χ1) is 5.88. The first kappa shape index (κ1) is 10.7. The molecule has 1 N–H and O–H groups in total. The van der Waals surface area contributed by atoms with Crippen LogP contribution in [0.2, 0.25) is 0 Å². The molecule has 0 aromatic carbocycles. The molecule has 0 spiro atoms. The van der Waals surface area contributed by atoms with Crippen molar-refractivity contribution in [3.05, 3.63) is 21.4 Å². The third kappa shape index (κ3) is 3.49. The Hall–Kier alpha value is -0.340. The number of aryl methyl sites for hydroxylation is 2. The van der Waals surface area contributed by atoms with Gasteiger partial charge in [0, 0.05) is 21.8 Å². The van der Waals surface area contributed by atoms with Gasteiger partial charge in [-0.3, -0.25) is 0 Å². The minimum absolute atomic E-state index is 0.211. The van der Waals surface area contributed by atoms with Crippen molar-refractivity contribution in [1.29, 1.82) is 0 Å². The molecule has 0 fully saturated rings. The molecular weight excluding hydrogens is 178 g/mol. The summed E-state index contributed by atoms with van der Waals surface area (Å²) < 4.78 is 0. The van der Waals surface area contributed by atoms with Crippen molar-refractivity contribution >= 4 is 11.3 Å². The number of rotatable bonds is 2. The lowest BCUT2D eigenvalue weighted by Gasteiger charge is -2.20. The third-order valence-electron chi connectivity index (χ3n) is 1.95. The second-order valence-corrected chi connectivity index (χ2v) is 6.00. The van der Waals surface area contributed by atoms with E-state index in [9.17, 15) is 0 Å². The van der Waals surface area contributed by atoms with Crippen LogP contribution < -0.4 is 5.32 Å². The van der Waals surface area contributed by atoms with Crippen LogP contribution in [0.15, 0.2) is 6.07 Å². The van der Waals surface area contributed by atoms with Crippen molar-refractivity contribution in [3.63, 3.8) is 0 Å². The van der Waals surface area contributed by atoms with Gasteiger partial charge in [-0.05, 0) is 46.2 Å². The van der Waals surface area contributed by atoms with Gasteiger partial charge in [-0.2, -0.15) is 0 Å². The molecule has 1 aromatic heterocycles. The average Bonchev–Trinajstić information content (AvgIpc) is 2.24. The second kappa shape index (κ2) is 3.81. The van der Waals surface area contributed by atoms with E-state index in [2.05, 4.69) is 46.0 Å². The Bertz CT molecular complexity index is 281. The predicted molar refractivity (Wildman–Crippen MR) is 60.4 cm³/mol. The van der Waals surface area contributed by atoms with E-state index >= 15 is 0 Å². The van der Waals surface area contributed by atoms with E-state index in [4.69, 9.17) is 0 Å². The Morgan fingerprint density at radius 1 is 1.31 bits per heavy atom. The fraction of sp³-hybridized carbons (Fsp3) is 0.636. The molecule has 0 bridgehead atoms. The number of thiophene rings is 1. The molecule has 2 heteroatoms. The normalized spacial score (nSPS) is 12.1. The van der Waals surface area contributed by atoms with Crippen LogP contribution in [0.25, 0.3) is 0 Å². The first-order valence-electron chi connectivity index (χ1n) is 4.69. The van der Waals surface area contributed by atoms with Crippen LogP contribution in [0.4, 0.5) is 0 Å². The minimum atomic E-state index is 0.211. The van der Waals surface area contributed by atoms with Crippen molar-refractivity contribution in [2.75, 3.05) is 0 Å². The molecule has 0 aliphatic rings. The van der Waals surface area contributed by atoms with E-state index in [-0.39, 0.29) is 5.54 Å². The number of hydrogen-bond donors (Lipinski definition) is 1. The quantitative estimate of drug-likeness (QED) is 0.767. The second-order valence-electron chi connectivity index (χ2n) is 4.54. The van der Waals surface area contributed by atoms with Gasteiger partial charge in [0.2, 0.25) is 0 Å². The van der Waals surface area contributed by atoms with Crippen molar-refractivity contribution in [3.8, 4) is 0 Å². The van der Waals surface area contributed by atoms with E-state index in [1.54, 1.807) is 0 Å². The zero-order chi connectivity index (χ0) is 10.1. The minimum Gasteiger partial charge on any atom is -0.308 e. The summed E-state index contributed by atoms with van der Waals surface area (Å²) in [5.74, 6) is 0. The molecule has 0 atom stereocenters. The van der Waals surface area contributed by atoms with E-state index < -0.39 is 0 Å². The van der Waals surface area contributed by atoms with Crippen molar-refractivity contribution in [2.45, 2.75) is 46.7 Å². The lowest BCUT2D eigenvalue weighted by molar-refractivity contribution is 0.424. The lowest BCUT2D eigenvalue weighted by Crippen LogP contribution is -2.35. The van der Waals surface area contributed by atoms with Gasteiger partial charge in [0.25, 0.3) is 0 Å². The maximum absolute atomic E-state index is 3.50. The molecule has 1 heterocycles. The summed E-state index contributed by atoms with van der Waals surface area (Å²) >= 11 is 1.88. The Morgan fingerprint density at radius 2 is 1.92 bits per heavy atom. The third-order valence-corrected chi connectivity index (χ3v) is 2.96. The van der Waals surface area contributed by atoms with Crippen LogP contribution in [0.5, 0.6) is 0 Å². The summed E-state index contributed by atoms with van der Waals surface area (Å²) in [4.78, 5) is 2.84. The van der Waals surface area contributed by atoms with Gasteiger partial charge in [0.1, 0.15) is 0 Å². The summed E-state index contributed by atoms with van der Waals surface area (Å²) in [6.07, 6.45) is 0. The SMILES string of the molecule is Cc1cc(CNC(C)(C)C)c(C)s1. The summed E-state index contributed by atoms with van der Waals surface area (Å²) in [7, 11) is 0. The van der Waals surface area contributed by atoms with Crippen LogP contribution in [0.3, 0.4) is 0 Å². The fourth-order valence-corrected chi connectivity index (χ4v) is 2.17. The van der Waals surface area contributed by atoms with Crippen LogP contribution in [-0.4, -0.2) is 5.54 Å². The Balaban J connectivity index is 2.59. The molecule has 0 radical (unpaired) electrons. The van der Waals surface area contributed by atoms with Crippen LogP contribution in [0.1, 0.15) is 36.1 Å². The van der Waals surface area contributed by atoms with Gasteiger partial charge in [-0.15, -0.1) is 11.3 Å². The molecule has 0 aliphatic carbocycles. The monoisotopic (exact) mass is 197 g/mol. The molecule has 0 saturated carbocycles. The van der Waals surface area contributed by atoms with Crippen LogP contribution >= 0.6 is 11.3 Å². The summed E-state index contributed by atoms with van der Waals surface area (Å²) in [5.41, 5.74) is 1.65. The van der Waals surface area contributed by atoms with Gasteiger partial charge >= 0.3 is 0 Å². The molecule has 1 aromatic rings. The van der Waals surface area contributed by atoms with Gasteiger partial charge in [-0.1, -0.05) is 0 Å². The van der Waals surface area contributed by atoms with Crippen LogP contribution in [0, 0.1) is 13.8 Å². The van der Waals surface area contributed by atoms with Crippen molar-refractivity contribution < 1.29 is 0 Å². The van der Waals surface area contributed by atoms with Gasteiger partial charge in [-0.25, -0.2) is 0 Å². The Morgan fingerprint density at radius 3 is 2.31 bits per heavy atom. The highest BCUT2D eigenvalue weighted by Gasteiger charge is 2.10. The molecule has 0 unspecified atom stereocenters. The van der Waals surface area contributed by atoms with Gasteiger partial charge in [0.15, 0.2) is 0 Å². The molecule has 0 aliphatic heterocycles. The Kier molecular flexibility index (Phi) is 3.14. The number of hydrogen-bond acceptors (Lipinski definition) is 2. The lowest BCUT2D eigenvalue weighted by atomic mass is 10.1. The molecule has 1 nitrogen and oxygen atoms in total. The molecule has 74 valence electrons. The highest BCUT2D eigenvalue weighted by molar-refractivity contribution is 7.12. The average molecular weight is 197 g/mol. The number of nitrogens with one attached hydrogen (secondary N) is 1. The van der Waals surface area contributed by atoms with Crippen LogP contribution in [-0.2, 0) is 6.54 Å². The predicted octanol–water partition coefficient (Wildman–Crippen LogP) is 3.25. The van der Waals surface area contributed by atoms with E-state index in [1.165, 1.54) is 15.3 Å². The molecule has 0 amide bonds. The largest absolute Gasteiger partial charge is 0.308 e. The zero-order valence-corrected chi connectivity index (χ0v) is 10.0. The first-order valence-corrected chi connectivity index (χ1v) is 5.51. The molecule has 1 rings (SSSR count). The molecule has 13 heavy (non-hydrogen) atoms. The topological polar surface area (TPSA) is 12.0 Å². The summed E-state index contributed by atoms with van der Waals surface area (Å²) in [5, 5.41) is 3.50. The van der Waals surface area contributed by atoms with Crippen molar-refractivity contribution in [2.24, 2.45) is 0 Å². The standard InChI is InChI=1S/C11H19NS/c1-8-6-10(9(2)13-8)7-12-11(3,4)5/h6,12H,7H2,1-5H3. The zero-order valence-electron chi connectivity index (χ0n) is 9.19. The maximum Gasteiger partial charge on any atom is 0.0221 e. The fourth-order valence-electron chi connectivity index (χ4n) is 1.22. The van der Waals surface area contributed by atoms with Crippen molar-refractivity contribution in [1.82, 2.24) is 5.32 Å². The van der Waals surface area contributed by atoms with Gasteiger partial charge < -0.3 is 5.32 Å². The molecular formula is C11H19NS. The van der Waals surface area contributed by atoms with Gasteiger partial charge in [0.05, 0.1) is 0 Å². The van der Waals surface area contributed by atoms with E-state index in [0.29, 0.717) is 0 Å². The van der Waals surface area contributed by atoms with E-state index in [1.807, 2.05) is 11.3 Å². The summed E-state index contributed by atoms with van der Waals surface area (Å²) in [6, 6.07) is 2.28. The molecule has 0 saturated heterocycles. The summed E-state index contributed by atoms with van der Waals surface area (Å²) in [6.45, 7) is 11.9. The highest BCUT2D eigenvalue weighted by Crippen LogP contribution is 2.20. The maximum atomic E-state index is 3.50. The van der Waals surface area contributed by atoms with E-state index in [0.717, 1.165) is 6.54 Å².